The van der Waals surface area contributed by atoms with Gasteiger partial charge in [0.2, 0.25) is 0 Å². The third-order valence-corrected chi connectivity index (χ3v) is 5.67. The average Bonchev–Trinajstić information content (AvgIpc) is 3.09. The summed E-state index contributed by atoms with van der Waals surface area (Å²) in [7, 11) is 0. The molecule has 0 bridgehead atoms. The van der Waals surface area contributed by atoms with E-state index in [9.17, 15) is 9.90 Å². The largest absolute Gasteiger partial charge is 0.507 e. The fraction of sp³-hybridized carbons (Fsp3) is 0.240. The van der Waals surface area contributed by atoms with Crippen LogP contribution in [0, 0.1) is 13.8 Å². The molecule has 0 amide bonds. The molecule has 0 unspecified atom stereocenters. The Morgan fingerprint density at radius 1 is 1.10 bits per heavy atom. The lowest BCUT2D eigenvalue weighted by atomic mass is 9.93. The lowest BCUT2D eigenvalue weighted by Crippen LogP contribution is -2.07. The molecule has 3 N–H and O–H groups in total. The first kappa shape index (κ1) is 19.8. The fourth-order valence-corrected chi connectivity index (χ4v) is 4.14. The number of para-hydroxylation sites is 1. The number of aliphatic carboxylic acids is 1. The highest BCUT2D eigenvalue weighted by molar-refractivity contribution is 5.77. The SMILES string of the molecule is Cc1cccc(C)c1-c1cccc(CNc2ccc3c(c2)OC[C@H]3CC(=O)O)c1O. The molecule has 0 aromatic heterocycles. The molecule has 0 saturated carbocycles. The van der Waals surface area contributed by atoms with Crippen molar-refractivity contribution in [2.24, 2.45) is 0 Å². The second kappa shape index (κ2) is 8.11. The number of aryl methyl sites for hydroxylation is 2. The van der Waals surface area contributed by atoms with E-state index in [1.165, 1.54) is 0 Å². The Balaban J connectivity index is 1.54. The predicted octanol–water partition coefficient (Wildman–Crippen LogP) is 5.24. The Labute approximate surface area is 176 Å². The van der Waals surface area contributed by atoms with Crippen LogP contribution in [0.3, 0.4) is 0 Å². The fourth-order valence-electron chi connectivity index (χ4n) is 4.14. The normalized spacial score (nSPS) is 14.8. The van der Waals surface area contributed by atoms with Gasteiger partial charge in [-0.2, -0.15) is 0 Å². The second-order valence-electron chi connectivity index (χ2n) is 7.79. The molecule has 1 aliphatic heterocycles. The topological polar surface area (TPSA) is 78.8 Å². The van der Waals surface area contributed by atoms with Crippen LogP contribution in [0.1, 0.15) is 34.6 Å². The summed E-state index contributed by atoms with van der Waals surface area (Å²) >= 11 is 0. The van der Waals surface area contributed by atoms with Gasteiger partial charge in [0.1, 0.15) is 11.5 Å². The van der Waals surface area contributed by atoms with Crippen LogP contribution in [0.15, 0.2) is 54.6 Å². The Morgan fingerprint density at radius 3 is 2.57 bits per heavy atom. The Morgan fingerprint density at radius 2 is 1.83 bits per heavy atom. The number of hydrogen-bond acceptors (Lipinski definition) is 4. The van der Waals surface area contributed by atoms with E-state index >= 15 is 0 Å². The molecule has 0 spiro atoms. The molecule has 1 atom stereocenters. The summed E-state index contributed by atoms with van der Waals surface area (Å²) in [5.41, 5.74) is 6.75. The van der Waals surface area contributed by atoms with Crippen LogP contribution >= 0.6 is 0 Å². The van der Waals surface area contributed by atoms with Gasteiger partial charge < -0.3 is 20.3 Å². The van der Waals surface area contributed by atoms with Gasteiger partial charge in [-0.3, -0.25) is 4.79 Å². The standard InChI is InChI=1S/C25H25NO4/c1-15-5-3-6-16(2)24(15)21-8-4-7-17(25(21)29)13-26-19-9-10-20-18(11-23(27)28)14-30-22(20)12-19/h3-10,12,18,26,29H,11,13-14H2,1-2H3,(H,27,28)/t18-/m1/s1. The Bertz CT molecular complexity index is 1090. The highest BCUT2D eigenvalue weighted by atomic mass is 16.5. The van der Waals surface area contributed by atoms with E-state index in [4.69, 9.17) is 9.84 Å². The van der Waals surface area contributed by atoms with E-state index in [-0.39, 0.29) is 18.1 Å². The zero-order chi connectivity index (χ0) is 21.3. The minimum atomic E-state index is -0.821. The maximum absolute atomic E-state index is 11.0. The van der Waals surface area contributed by atoms with Gasteiger partial charge in [-0.05, 0) is 36.6 Å². The highest BCUT2D eigenvalue weighted by Gasteiger charge is 2.26. The van der Waals surface area contributed by atoms with Crippen molar-refractivity contribution < 1.29 is 19.7 Å². The van der Waals surface area contributed by atoms with Crippen LogP contribution in [0.4, 0.5) is 5.69 Å². The van der Waals surface area contributed by atoms with Crippen LogP contribution in [0.2, 0.25) is 0 Å². The second-order valence-corrected chi connectivity index (χ2v) is 7.79. The quantitative estimate of drug-likeness (QED) is 0.525. The van der Waals surface area contributed by atoms with Crippen LogP contribution in [-0.4, -0.2) is 22.8 Å². The number of carboxylic acid groups (broad SMARTS) is 1. The Hall–Kier alpha value is -3.47. The molecule has 3 aromatic carbocycles. The van der Waals surface area contributed by atoms with Gasteiger partial charge in [0.15, 0.2) is 0 Å². The van der Waals surface area contributed by atoms with Crippen molar-refractivity contribution in [3.63, 3.8) is 0 Å². The van der Waals surface area contributed by atoms with Crippen molar-refractivity contribution in [1.29, 1.82) is 0 Å². The number of phenolic OH excluding ortho intramolecular Hbond substituents is 1. The molecule has 0 fully saturated rings. The van der Waals surface area contributed by atoms with Gasteiger partial charge in [-0.25, -0.2) is 0 Å². The van der Waals surface area contributed by atoms with E-state index in [1.54, 1.807) is 0 Å². The number of anilines is 1. The lowest BCUT2D eigenvalue weighted by molar-refractivity contribution is -0.137. The molecule has 30 heavy (non-hydrogen) atoms. The monoisotopic (exact) mass is 403 g/mol. The third-order valence-electron chi connectivity index (χ3n) is 5.67. The van der Waals surface area contributed by atoms with Crippen molar-refractivity contribution in [3.05, 3.63) is 76.9 Å². The summed E-state index contributed by atoms with van der Waals surface area (Å²) in [6.45, 7) is 4.95. The third kappa shape index (κ3) is 3.83. The van der Waals surface area contributed by atoms with E-state index in [0.29, 0.717) is 13.2 Å². The van der Waals surface area contributed by atoms with Crippen molar-refractivity contribution >= 4 is 11.7 Å². The van der Waals surface area contributed by atoms with Gasteiger partial charge in [-0.15, -0.1) is 0 Å². The summed E-state index contributed by atoms with van der Waals surface area (Å²) in [5, 5.41) is 23.3. The van der Waals surface area contributed by atoms with Crippen LogP contribution < -0.4 is 10.1 Å². The lowest BCUT2D eigenvalue weighted by Gasteiger charge is -2.15. The Kier molecular flexibility index (Phi) is 5.36. The number of phenols is 1. The van der Waals surface area contributed by atoms with Crippen molar-refractivity contribution in [1.82, 2.24) is 0 Å². The molecular weight excluding hydrogens is 378 g/mol. The number of carboxylic acids is 1. The zero-order valence-electron chi connectivity index (χ0n) is 17.1. The number of benzene rings is 3. The first-order valence-electron chi connectivity index (χ1n) is 10.0. The predicted molar refractivity (Wildman–Crippen MR) is 117 cm³/mol. The number of rotatable bonds is 6. The first-order chi connectivity index (χ1) is 14.4. The molecular formula is C25H25NO4. The number of hydrogen-bond donors (Lipinski definition) is 3. The highest BCUT2D eigenvalue weighted by Crippen LogP contribution is 2.39. The van der Waals surface area contributed by atoms with E-state index in [2.05, 4.69) is 31.3 Å². The molecule has 5 heteroatoms. The number of ether oxygens (including phenoxy) is 1. The van der Waals surface area contributed by atoms with Gasteiger partial charge in [0.05, 0.1) is 13.0 Å². The molecule has 4 rings (SSSR count). The summed E-state index contributed by atoms with van der Waals surface area (Å²) < 4.78 is 5.68. The van der Waals surface area contributed by atoms with Gasteiger partial charge >= 0.3 is 5.97 Å². The van der Waals surface area contributed by atoms with Crippen molar-refractivity contribution in [3.8, 4) is 22.6 Å². The van der Waals surface area contributed by atoms with Gasteiger partial charge in [0.25, 0.3) is 0 Å². The molecule has 0 aliphatic carbocycles. The average molecular weight is 403 g/mol. The molecule has 1 aliphatic rings. The zero-order valence-corrected chi connectivity index (χ0v) is 17.1. The van der Waals surface area contributed by atoms with Crippen LogP contribution in [0.25, 0.3) is 11.1 Å². The molecule has 154 valence electrons. The van der Waals surface area contributed by atoms with Crippen LogP contribution in [0.5, 0.6) is 11.5 Å². The number of carbonyl (C=O) groups is 1. The smallest absolute Gasteiger partial charge is 0.304 e. The summed E-state index contributed by atoms with van der Waals surface area (Å²) in [4.78, 5) is 11.0. The molecule has 0 saturated heterocycles. The summed E-state index contributed by atoms with van der Waals surface area (Å²) in [5.74, 6) is 0.0728. The molecule has 1 heterocycles. The van der Waals surface area contributed by atoms with Crippen molar-refractivity contribution in [2.75, 3.05) is 11.9 Å². The summed E-state index contributed by atoms with van der Waals surface area (Å²) in [6, 6.07) is 17.7. The number of nitrogens with one attached hydrogen (secondary N) is 1. The van der Waals surface area contributed by atoms with E-state index < -0.39 is 5.97 Å². The molecule has 5 nitrogen and oxygen atoms in total. The molecule has 0 radical (unpaired) electrons. The first-order valence-corrected chi connectivity index (χ1v) is 10.0. The minimum absolute atomic E-state index is 0.0682. The van der Waals surface area contributed by atoms with Crippen LogP contribution in [-0.2, 0) is 11.3 Å². The maximum Gasteiger partial charge on any atom is 0.304 e. The molecule has 3 aromatic rings. The minimum Gasteiger partial charge on any atom is -0.507 e. The van der Waals surface area contributed by atoms with Crippen molar-refractivity contribution in [2.45, 2.75) is 32.7 Å². The van der Waals surface area contributed by atoms with E-state index in [1.807, 2.05) is 42.5 Å². The number of fused-ring (bicyclic) bond motifs is 1. The van der Waals surface area contributed by atoms with E-state index in [0.717, 1.165) is 44.8 Å². The maximum atomic E-state index is 11.0. The summed E-state index contributed by atoms with van der Waals surface area (Å²) in [6.07, 6.45) is 0.0682. The number of aromatic hydroxyl groups is 1. The van der Waals surface area contributed by atoms with Gasteiger partial charge in [0, 0.05) is 40.9 Å². The van der Waals surface area contributed by atoms with Gasteiger partial charge in [-0.1, -0.05) is 42.5 Å².